The monoisotopic (exact) mass is 263 g/mol. The van der Waals surface area contributed by atoms with E-state index < -0.39 is 42.2 Å². The van der Waals surface area contributed by atoms with E-state index in [1.165, 1.54) is 0 Å². The quantitative estimate of drug-likeness (QED) is 0.402. The third-order valence-electron chi connectivity index (χ3n) is 2.69. The molecule has 0 aromatic carbocycles. The summed E-state index contributed by atoms with van der Waals surface area (Å²) in [7, 11) is 0. The second-order valence-electron chi connectivity index (χ2n) is 5.52. The molecule has 0 heterocycles. The van der Waals surface area contributed by atoms with Gasteiger partial charge in [0.05, 0.1) is 18.2 Å². The lowest BCUT2D eigenvalue weighted by Gasteiger charge is -2.39. The average molecular weight is 263 g/mol. The Morgan fingerprint density at radius 2 is 1.67 bits per heavy atom. The van der Waals surface area contributed by atoms with Crippen LogP contribution in [0, 0.1) is 0 Å². The maximum atomic E-state index is 11.5. The van der Waals surface area contributed by atoms with Gasteiger partial charge in [-0.1, -0.05) is 0 Å². The Morgan fingerprint density at radius 3 is 2.17 bits per heavy atom. The predicted octanol–water partition coefficient (Wildman–Crippen LogP) is -1.27. The molecule has 1 saturated carbocycles. The number of carbonyl (C=O) groups excluding carboxylic acids is 1. The van der Waals surface area contributed by atoms with Crippen LogP contribution in [0.4, 0.5) is 4.79 Å². The largest absolute Gasteiger partial charge is 0.444 e. The van der Waals surface area contributed by atoms with Crippen LogP contribution in [0.15, 0.2) is 0 Å². The molecule has 5 atom stereocenters. The van der Waals surface area contributed by atoms with Gasteiger partial charge >= 0.3 is 6.09 Å². The van der Waals surface area contributed by atoms with Gasteiger partial charge in [-0.25, -0.2) is 4.79 Å². The van der Waals surface area contributed by atoms with E-state index in [9.17, 15) is 25.2 Å². The second kappa shape index (κ2) is 5.40. The van der Waals surface area contributed by atoms with Gasteiger partial charge in [-0.15, -0.1) is 0 Å². The summed E-state index contributed by atoms with van der Waals surface area (Å²) in [5.41, 5.74) is -0.702. The first-order valence-corrected chi connectivity index (χ1v) is 5.83. The number of amides is 1. The van der Waals surface area contributed by atoms with Crippen LogP contribution in [-0.2, 0) is 4.74 Å². The Labute approximate surface area is 105 Å². The van der Waals surface area contributed by atoms with Crippen molar-refractivity contribution >= 4 is 6.09 Å². The lowest BCUT2D eigenvalue weighted by atomic mass is 9.85. The van der Waals surface area contributed by atoms with E-state index >= 15 is 0 Å². The average Bonchev–Trinajstić information content (AvgIpc) is 2.19. The zero-order valence-electron chi connectivity index (χ0n) is 10.7. The van der Waals surface area contributed by atoms with Crippen molar-refractivity contribution in [2.24, 2.45) is 0 Å². The summed E-state index contributed by atoms with van der Waals surface area (Å²) in [6.07, 6.45) is -6.14. The molecular formula is C11H21NO6. The molecular weight excluding hydrogens is 242 g/mol. The Kier molecular flexibility index (Phi) is 4.55. The number of rotatable bonds is 1. The molecule has 106 valence electrons. The highest BCUT2D eigenvalue weighted by Crippen LogP contribution is 2.21. The van der Waals surface area contributed by atoms with Crippen molar-refractivity contribution in [2.45, 2.75) is 63.3 Å². The molecule has 5 N–H and O–H groups in total. The van der Waals surface area contributed by atoms with E-state index in [4.69, 9.17) is 4.74 Å². The number of ether oxygens (including phenoxy) is 1. The zero-order chi connectivity index (χ0) is 14.1. The predicted molar refractivity (Wildman–Crippen MR) is 61.8 cm³/mol. The highest BCUT2D eigenvalue weighted by Gasteiger charge is 2.43. The van der Waals surface area contributed by atoms with E-state index in [0.29, 0.717) is 0 Å². The maximum absolute atomic E-state index is 11.5. The van der Waals surface area contributed by atoms with Gasteiger partial charge in [0.15, 0.2) is 0 Å². The summed E-state index contributed by atoms with van der Waals surface area (Å²) >= 11 is 0. The molecule has 1 aliphatic carbocycles. The SMILES string of the molecule is CC(C)(C)OC(=O)N[C@@H]1[C@@H](O)[C@H](O)[C@@H](O)C[C@@H]1O. The number of aliphatic hydroxyl groups excluding tert-OH is 4. The van der Waals surface area contributed by atoms with Gasteiger partial charge < -0.3 is 30.5 Å². The van der Waals surface area contributed by atoms with Crippen LogP contribution in [0.25, 0.3) is 0 Å². The van der Waals surface area contributed by atoms with Crippen molar-refractivity contribution in [3.8, 4) is 0 Å². The molecule has 0 aromatic heterocycles. The fourth-order valence-electron chi connectivity index (χ4n) is 1.83. The van der Waals surface area contributed by atoms with Crippen molar-refractivity contribution in [1.82, 2.24) is 5.32 Å². The molecule has 0 saturated heterocycles. The van der Waals surface area contributed by atoms with Gasteiger partial charge in [0, 0.05) is 6.42 Å². The Hall–Kier alpha value is -0.890. The number of hydrogen-bond donors (Lipinski definition) is 5. The van der Waals surface area contributed by atoms with E-state index in [2.05, 4.69) is 5.32 Å². The van der Waals surface area contributed by atoms with Crippen LogP contribution in [0.5, 0.6) is 0 Å². The maximum Gasteiger partial charge on any atom is 0.408 e. The summed E-state index contributed by atoms with van der Waals surface area (Å²) in [5, 5.41) is 40.5. The fraction of sp³-hybridized carbons (Fsp3) is 0.909. The topological polar surface area (TPSA) is 119 Å². The third-order valence-corrected chi connectivity index (χ3v) is 2.69. The molecule has 0 aliphatic heterocycles. The molecule has 0 aromatic rings. The van der Waals surface area contributed by atoms with Crippen LogP contribution < -0.4 is 5.32 Å². The molecule has 0 spiro atoms. The van der Waals surface area contributed by atoms with E-state index in [-0.39, 0.29) is 6.42 Å². The van der Waals surface area contributed by atoms with Crippen molar-refractivity contribution in [1.29, 1.82) is 0 Å². The van der Waals surface area contributed by atoms with E-state index in [1.54, 1.807) is 20.8 Å². The lowest BCUT2D eigenvalue weighted by molar-refractivity contribution is -0.133. The minimum atomic E-state index is -1.45. The molecule has 0 radical (unpaired) electrons. The molecule has 18 heavy (non-hydrogen) atoms. The molecule has 0 bridgehead atoms. The number of nitrogens with one attached hydrogen (secondary N) is 1. The van der Waals surface area contributed by atoms with Crippen molar-refractivity contribution in [2.75, 3.05) is 0 Å². The Bertz CT molecular complexity index is 302. The minimum Gasteiger partial charge on any atom is -0.444 e. The van der Waals surface area contributed by atoms with Crippen molar-refractivity contribution < 1.29 is 30.0 Å². The third kappa shape index (κ3) is 3.81. The van der Waals surface area contributed by atoms with Gasteiger partial charge in [-0.05, 0) is 20.8 Å². The molecule has 1 fully saturated rings. The standard InChI is InChI=1S/C11H21NO6/c1-11(2,3)18-10(17)12-7-5(13)4-6(14)8(15)9(7)16/h5-9,13-16H,4H2,1-3H3,(H,12,17)/t5-,6-,7-,8+,9+/m0/s1. The summed E-state index contributed by atoms with van der Waals surface area (Å²) < 4.78 is 4.98. The summed E-state index contributed by atoms with van der Waals surface area (Å²) in [4.78, 5) is 11.5. The van der Waals surface area contributed by atoms with Crippen molar-refractivity contribution in [3.05, 3.63) is 0 Å². The highest BCUT2D eigenvalue weighted by molar-refractivity contribution is 5.68. The van der Waals surface area contributed by atoms with E-state index in [1.807, 2.05) is 0 Å². The van der Waals surface area contributed by atoms with Crippen LogP contribution in [0.1, 0.15) is 27.2 Å². The first-order chi connectivity index (χ1) is 8.11. The second-order valence-corrected chi connectivity index (χ2v) is 5.52. The number of carbonyl (C=O) groups is 1. The number of hydrogen-bond acceptors (Lipinski definition) is 6. The number of alkyl carbamates (subject to hydrolysis) is 1. The van der Waals surface area contributed by atoms with Crippen LogP contribution in [-0.4, -0.2) is 62.6 Å². The first kappa shape index (κ1) is 15.2. The zero-order valence-corrected chi connectivity index (χ0v) is 10.7. The normalized spacial score (nSPS) is 37.2. The lowest BCUT2D eigenvalue weighted by Crippen LogP contribution is -2.62. The van der Waals surface area contributed by atoms with Crippen LogP contribution in [0.2, 0.25) is 0 Å². The Balaban J connectivity index is 2.62. The summed E-state index contributed by atoms with van der Waals surface area (Å²) in [5.74, 6) is 0. The summed E-state index contributed by atoms with van der Waals surface area (Å²) in [6, 6.07) is -1.07. The molecule has 7 heteroatoms. The smallest absolute Gasteiger partial charge is 0.408 e. The molecule has 7 nitrogen and oxygen atoms in total. The molecule has 1 amide bonds. The van der Waals surface area contributed by atoms with Gasteiger partial charge in [-0.2, -0.15) is 0 Å². The van der Waals surface area contributed by atoms with Crippen LogP contribution >= 0.6 is 0 Å². The van der Waals surface area contributed by atoms with Gasteiger partial charge in [0.25, 0.3) is 0 Å². The number of aliphatic hydroxyl groups is 4. The van der Waals surface area contributed by atoms with Crippen LogP contribution in [0.3, 0.4) is 0 Å². The molecule has 1 aliphatic rings. The Morgan fingerprint density at radius 1 is 1.11 bits per heavy atom. The molecule has 1 rings (SSSR count). The molecule has 0 unspecified atom stereocenters. The van der Waals surface area contributed by atoms with Gasteiger partial charge in [0.1, 0.15) is 17.8 Å². The van der Waals surface area contributed by atoms with E-state index in [0.717, 1.165) is 0 Å². The minimum absolute atomic E-state index is 0.126. The first-order valence-electron chi connectivity index (χ1n) is 5.83. The van der Waals surface area contributed by atoms with Gasteiger partial charge in [0.2, 0.25) is 0 Å². The van der Waals surface area contributed by atoms with Gasteiger partial charge in [-0.3, -0.25) is 0 Å². The van der Waals surface area contributed by atoms with Crippen molar-refractivity contribution in [3.63, 3.8) is 0 Å². The highest BCUT2D eigenvalue weighted by atomic mass is 16.6. The fourth-order valence-corrected chi connectivity index (χ4v) is 1.83. The summed E-state index contributed by atoms with van der Waals surface area (Å²) in [6.45, 7) is 5.04.